The molecule has 96 valence electrons. The van der Waals surface area contributed by atoms with Gasteiger partial charge in [-0.25, -0.2) is 0 Å². The van der Waals surface area contributed by atoms with Crippen LogP contribution in [0.3, 0.4) is 0 Å². The highest BCUT2D eigenvalue weighted by Crippen LogP contribution is 2.19. The topological polar surface area (TPSA) is 52.6 Å². The van der Waals surface area contributed by atoms with E-state index in [1.165, 1.54) is 0 Å². The van der Waals surface area contributed by atoms with Crippen molar-refractivity contribution >= 4 is 11.8 Å². The molecule has 0 aromatic heterocycles. The monoisotopic (exact) mass is 239 g/mol. The molecule has 5 nitrogen and oxygen atoms in total. The largest absolute Gasteiger partial charge is 0.355 e. The van der Waals surface area contributed by atoms with Gasteiger partial charge in [0.25, 0.3) is 0 Å². The van der Waals surface area contributed by atoms with Crippen molar-refractivity contribution in [3.05, 3.63) is 0 Å². The highest BCUT2D eigenvalue weighted by Gasteiger charge is 2.33. The van der Waals surface area contributed by atoms with Crippen molar-refractivity contribution in [1.29, 1.82) is 0 Å². The number of carbonyl (C=O) groups is 2. The van der Waals surface area contributed by atoms with Gasteiger partial charge in [-0.15, -0.1) is 0 Å². The Bertz CT molecular complexity index is 317. The van der Waals surface area contributed by atoms with Crippen LogP contribution in [0.25, 0.3) is 0 Å². The molecule has 0 bridgehead atoms. The van der Waals surface area contributed by atoms with Crippen molar-refractivity contribution in [2.24, 2.45) is 5.92 Å². The maximum atomic E-state index is 12.2. The Kier molecular flexibility index (Phi) is 3.66. The average Bonchev–Trinajstić information content (AvgIpc) is 2.75. The normalized spacial score (nSPS) is 29.6. The minimum absolute atomic E-state index is 0.00418. The first-order chi connectivity index (χ1) is 8.08. The molecular weight excluding hydrogens is 218 g/mol. The van der Waals surface area contributed by atoms with Crippen molar-refractivity contribution in [3.8, 4) is 0 Å². The van der Waals surface area contributed by atoms with E-state index in [0.29, 0.717) is 19.0 Å². The summed E-state index contributed by atoms with van der Waals surface area (Å²) < 4.78 is 0. The molecule has 0 aliphatic carbocycles. The molecule has 0 aromatic carbocycles. The number of nitrogens with zero attached hydrogens (tertiary/aromatic N) is 2. The molecule has 5 heteroatoms. The summed E-state index contributed by atoms with van der Waals surface area (Å²) in [4.78, 5) is 27.5. The minimum atomic E-state index is -0.136. The van der Waals surface area contributed by atoms with Gasteiger partial charge in [-0.1, -0.05) is 0 Å². The third kappa shape index (κ3) is 2.77. The van der Waals surface area contributed by atoms with E-state index in [9.17, 15) is 9.59 Å². The quantitative estimate of drug-likeness (QED) is 0.718. The van der Waals surface area contributed by atoms with Crippen molar-refractivity contribution in [3.63, 3.8) is 0 Å². The Labute approximate surface area is 102 Å². The lowest BCUT2D eigenvalue weighted by molar-refractivity contribution is -0.137. The number of likely N-dealkylation sites (N-methyl/N-ethyl adjacent to an activating group) is 1. The first kappa shape index (κ1) is 12.4. The molecule has 2 fully saturated rings. The molecule has 1 N–H and O–H groups in total. The van der Waals surface area contributed by atoms with Crippen LogP contribution in [-0.2, 0) is 9.59 Å². The van der Waals surface area contributed by atoms with Crippen LogP contribution in [0.1, 0.15) is 19.3 Å². The van der Waals surface area contributed by atoms with Crippen LogP contribution in [0.5, 0.6) is 0 Å². The number of carbonyl (C=O) groups excluding carboxylic acids is 2. The molecule has 2 amide bonds. The van der Waals surface area contributed by atoms with Crippen LogP contribution in [0.2, 0.25) is 0 Å². The molecule has 2 heterocycles. The Morgan fingerprint density at radius 2 is 2.24 bits per heavy atom. The molecule has 0 aromatic rings. The summed E-state index contributed by atoms with van der Waals surface area (Å²) in [5.41, 5.74) is 0. The van der Waals surface area contributed by atoms with Crippen LogP contribution in [0.15, 0.2) is 0 Å². The standard InChI is InChI=1S/C12H21N3O2/c1-14(2)10-4-3-5-15(8-10)12(17)9-6-11(16)13-7-9/h9-10H,3-8H2,1-2H3,(H,13,16). The van der Waals surface area contributed by atoms with E-state index in [2.05, 4.69) is 24.3 Å². The molecule has 0 radical (unpaired) electrons. The summed E-state index contributed by atoms with van der Waals surface area (Å²) in [6.45, 7) is 2.16. The van der Waals surface area contributed by atoms with Crippen molar-refractivity contribution < 1.29 is 9.59 Å². The van der Waals surface area contributed by atoms with Crippen molar-refractivity contribution in [1.82, 2.24) is 15.1 Å². The van der Waals surface area contributed by atoms with Gasteiger partial charge in [-0.3, -0.25) is 9.59 Å². The summed E-state index contributed by atoms with van der Waals surface area (Å²) in [5.74, 6) is 0.0165. The van der Waals surface area contributed by atoms with Gasteiger partial charge in [0, 0.05) is 32.1 Å². The van der Waals surface area contributed by atoms with E-state index in [-0.39, 0.29) is 17.7 Å². The summed E-state index contributed by atoms with van der Waals surface area (Å²) in [6, 6.07) is 0.456. The second-order valence-corrected chi connectivity index (χ2v) is 5.25. The van der Waals surface area contributed by atoms with Gasteiger partial charge in [0.15, 0.2) is 0 Å². The zero-order valence-electron chi connectivity index (χ0n) is 10.6. The SMILES string of the molecule is CN(C)C1CCCN(C(=O)C2CNC(=O)C2)C1. The fourth-order valence-electron chi connectivity index (χ4n) is 2.61. The van der Waals surface area contributed by atoms with Gasteiger partial charge in [-0.05, 0) is 26.9 Å². The van der Waals surface area contributed by atoms with Gasteiger partial charge >= 0.3 is 0 Å². The number of amides is 2. The van der Waals surface area contributed by atoms with Crippen LogP contribution in [-0.4, -0.2) is 61.4 Å². The summed E-state index contributed by atoms with van der Waals surface area (Å²) >= 11 is 0. The molecule has 2 aliphatic rings. The Morgan fingerprint density at radius 1 is 1.47 bits per heavy atom. The van der Waals surface area contributed by atoms with E-state index in [1.807, 2.05) is 4.90 Å². The lowest BCUT2D eigenvalue weighted by Crippen LogP contribution is -2.49. The lowest BCUT2D eigenvalue weighted by atomic mass is 10.0. The van der Waals surface area contributed by atoms with E-state index < -0.39 is 0 Å². The average molecular weight is 239 g/mol. The number of hydrogen-bond acceptors (Lipinski definition) is 3. The molecule has 2 atom stereocenters. The third-order valence-electron chi connectivity index (χ3n) is 3.77. The van der Waals surface area contributed by atoms with Gasteiger partial charge < -0.3 is 15.1 Å². The Balaban J connectivity index is 1.93. The van der Waals surface area contributed by atoms with Gasteiger partial charge in [0.2, 0.25) is 11.8 Å². The van der Waals surface area contributed by atoms with Gasteiger partial charge in [-0.2, -0.15) is 0 Å². The first-order valence-electron chi connectivity index (χ1n) is 6.30. The van der Waals surface area contributed by atoms with Gasteiger partial charge in [0.1, 0.15) is 0 Å². The predicted octanol–water partition coefficient (Wildman–Crippen LogP) is -0.325. The number of rotatable bonds is 2. The predicted molar refractivity (Wildman–Crippen MR) is 64.4 cm³/mol. The van der Waals surface area contributed by atoms with Crippen LogP contribution in [0.4, 0.5) is 0 Å². The van der Waals surface area contributed by atoms with Crippen LogP contribution in [0, 0.1) is 5.92 Å². The fraction of sp³-hybridized carbons (Fsp3) is 0.833. The first-order valence-corrected chi connectivity index (χ1v) is 6.30. The zero-order chi connectivity index (χ0) is 12.4. The lowest BCUT2D eigenvalue weighted by Gasteiger charge is -2.37. The van der Waals surface area contributed by atoms with Crippen LogP contribution >= 0.6 is 0 Å². The maximum Gasteiger partial charge on any atom is 0.228 e. The Hall–Kier alpha value is -1.10. The van der Waals surface area contributed by atoms with Crippen molar-refractivity contribution in [2.75, 3.05) is 33.7 Å². The van der Waals surface area contributed by atoms with Crippen molar-refractivity contribution in [2.45, 2.75) is 25.3 Å². The number of piperidine rings is 1. The second kappa shape index (κ2) is 5.04. The Morgan fingerprint density at radius 3 is 2.82 bits per heavy atom. The summed E-state index contributed by atoms with van der Waals surface area (Å²) in [5, 5.41) is 2.73. The zero-order valence-corrected chi connectivity index (χ0v) is 10.6. The summed E-state index contributed by atoms with van der Waals surface area (Å²) in [7, 11) is 4.11. The highest BCUT2D eigenvalue weighted by molar-refractivity contribution is 5.89. The molecule has 0 spiro atoms. The van der Waals surface area contributed by atoms with E-state index in [4.69, 9.17) is 0 Å². The molecular formula is C12H21N3O2. The molecule has 2 unspecified atom stereocenters. The van der Waals surface area contributed by atoms with Gasteiger partial charge in [0.05, 0.1) is 5.92 Å². The molecule has 2 aliphatic heterocycles. The van der Waals surface area contributed by atoms with Crippen LogP contribution < -0.4 is 5.32 Å². The van der Waals surface area contributed by atoms with E-state index in [0.717, 1.165) is 25.9 Å². The fourth-order valence-corrected chi connectivity index (χ4v) is 2.61. The van der Waals surface area contributed by atoms with E-state index in [1.54, 1.807) is 0 Å². The maximum absolute atomic E-state index is 12.2. The number of hydrogen-bond donors (Lipinski definition) is 1. The smallest absolute Gasteiger partial charge is 0.228 e. The third-order valence-corrected chi connectivity index (χ3v) is 3.77. The minimum Gasteiger partial charge on any atom is -0.355 e. The molecule has 17 heavy (non-hydrogen) atoms. The highest BCUT2D eigenvalue weighted by atomic mass is 16.2. The summed E-state index contributed by atoms with van der Waals surface area (Å²) in [6.07, 6.45) is 2.57. The second-order valence-electron chi connectivity index (χ2n) is 5.25. The van der Waals surface area contributed by atoms with E-state index >= 15 is 0 Å². The number of nitrogens with one attached hydrogen (secondary N) is 1. The number of likely N-dealkylation sites (tertiary alicyclic amines) is 1. The molecule has 2 saturated heterocycles. The molecule has 2 rings (SSSR count). The molecule has 0 saturated carbocycles.